The van der Waals surface area contributed by atoms with E-state index in [1.54, 1.807) is 0 Å². The lowest BCUT2D eigenvalue weighted by atomic mass is 9.99. The van der Waals surface area contributed by atoms with E-state index in [4.69, 9.17) is 9.72 Å². The second-order valence-electron chi connectivity index (χ2n) is 7.07. The Hall–Kier alpha value is -2.82. The molecule has 0 fully saturated rings. The van der Waals surface area contributed by atoms with Gasteiger partial charge >= 0.3 is 0 Å². The van der Waals surface area contributed by atoms with E-state index in [2.05, 4.69) is 54.1 Å². The van der Waals surface area contributed by atoms with Crippen molar-refractivity contribution in [3.63, 3.8) is 0 Å². The molecule has 0 saturated carbocycles. The normalized spacial score (nSPS) is 12.1. The molecule has 1 atom stereocenters. The lowest BCUT2D eigenvalue weighted by Crippen LogP contribution is -2.15. The number of para-hydroxylation sites is 2. The molecule has 1 N–H and O–H groups in total. The Balaban J connectivity index is 1.64. The van der Waals surface area contributed by atoms with Gasteiger partial charge in [-0.05, 0) is 48.6 Å². The van der Waals surface area contributed by atoms with Crippen LogP contribution in [-0.2, 0) is 17.8 Å². The first kappa shape index (κ1) is 19.9. The number of nitrogens with zero attached hydrogens (tertiary/aromatic N) is 2. The number of aromatic nitrogens is 2. The van der Waals surface area contributed by atoms with Crippen molar-refractivity contribution in [3.05, 3.63) is 59.9 Å². The second-order valence-corrected chi connectivity index (χ2v) is 7.07. The van der Waals surface area contributed by atoms with Gasteiger partial charge in [0.15, 0.2) is 0 Å². The molecule has 0 radical (unpaired) electrons. The van der Waals surface area contributed by atoms with Gasteiger partial charge in [0, 0.05) is 13.0 Å². The summed E-state index contributed by atoms with van der Waals surface area (Å²) in [7, 11) is 0. The minimum Gasteiger partial charge on any atom is -0.492 e. The van der Waals surface area contributed by atoms with Gasteiger partial charge in [0.25, 0.3) is 0 Å². The van der Waals surface area contributed by atoms with Crippen molar-refractivity contribution >= 4 is 17.4 Å². The zero-order chi connectivity index (χ0) is 19.8. The van der Waals surface area contributed by atoms with Crippen LogP contribution in [0.3, 0.4) is 0 Å². The van der Waals surface area contributed by atoms with Gasteiger partial charge in [0.2, 0.25) is 6.41 Å². The molecule has 28 heavy (non-hydrogen) atoms. The molecule has 1 amide bonds. The van der Waals surface area contributed by atoms with Gasteiger partial charge in [-0.2, -0.15) is 0 Å². The molecule has 5 nitrogen and oxygen atoms in total. The molecule has 1 heterocycles. The first-order valence-electron chi connectivity index (χ1n) is 10.1. The first-order valence-corrected chi connectivity index (χ1v) is 10.1. The maximum absolute atomic E-state index is 10.4. The minimum atomic E-state index is 0.572. The first-order chi connectivity index (χ1) is 13.7. The van der Waals surface area contributed by atoms with E-state index in [1.807, 2.05) is 18.2 Å². The molecule has 1 unspecified atom stereocenters. The van der Waals surface area contributed by atoms with Crippen LogP contribution in [-0.4, -0.2) is 29.1 Å². The van der Waals surface area contributed by atoms with Crippen molar-refractivity contribution in [1.29, 1.82) is 0 Å². The van der Waals surface area contributed by atoms with Crippen LogP contribution in [0.5, 0.6) is 5.75 Å². The fourth-order valence-corrected chi connectivity index (χ4v) is 3.36. The highest BCUT2D eigenvalue weighted by atomic mass is 16.5. The number of hydrogen-bond acceptors (Lipinski definition) is 3. The summed E-state index contributed by atoms with van der Waals surface area (Å²) in [5.74, 6) is 2.50. The van der Waals surface area contributed by atoms with Crippen molar-refractivity contribution in [1.82, 2.24) is 14.9 Å². The zero-order valence-electron chi connectivity index (χ0n) is 16.7. The van der Waals surface area contributed by atoms with Gasteiger partial charge < -0.3 is 14.6 Å². The summed E-state index contributed by atoms with van der Waals surface area (Å²) in [5, 5.41) is 2.71. The maximum atomic E-state index is 10.4. The third-order valence-electron chi connectivity index (χ3n) is 5.18. The van der Waals surface area contributed by atoms with Gasteiger partial charge in [-0.15, -0.1) is 0 Å². The van der Waals surface area contributed by atoms with Crippen molar-refractivity contribution in [2.24, 2.45) is 0 Å². The number of fused-ring (bicyclic) bond motifs is 1. The highest BCUT2D eigenvalue weighted by Crippen LogP contribution is 2.22. The fraction of sp³-hybridized carbons (Fsp3) is 0.391. The van der Waals surface area contributed by atoms with Crippen LogP contribution in [0.15, 0.2) is 48.5 Å². The third-order valence-corrected chi connectivity index (χ3v) is 5.18. The van der Waals surface area contributed by atoms with E-state index in [1.165, 1.54) is 5.56 Å². The monoisotopic (exact) mass is 379 g/mol. The quantitative estimate of drug-likeness (QED) is 0.399. The third kappa shape index (κ3) is 4.91. The summed E-state index contributed by atoms with van der Waals surface area (Å²) in [4.78, 5) is 15.2. The molecule has 0 aliphatic heterocycles. The number of ether oxygens (including phenoxy) is 1. The Morgan fingerprint density at radius 1 is 1.18 bits per heavy atom. The van der Waals surface area contributed by atoms with E-state index in [0.29, 0.717) is 19.1 Å². The number of aryl methyl sites for hydroxylation is 1. The van der Waals surface area contributed by atoms with Crippen LogP contribution in [0.25, 0.3) is 11.0 Å². The largest absolute Gasteiger partial charge is 0.492 e. The van der Waals surface area contributed by atoms with Crippen LogP contribution in [0.4, 0.5) is 0 Å². The Kier molecular flexibility index (Phi) is 7.06. The Morgan fingerprint density at radius 2 is 1.96 bits per heavy atom. The van der Waals surface area contributed by atoms with Gasteiger partial charge in [-0.1, -0.05) is 38.1 Å². The average Bonchev–Trinajstić information content (AvgIpc) is 3.09. The molecular weight excluding hydrogens is 350 g/mol. The van der Waals surface area contributed by atoms with Crippen LogP contribution in [0.2, 0.25) is 0 Å². The van der Waals surface area contributed by atoms with Crippen LogP contribution in [0, 0.1) is 0 Å². The predicted octanol–water partition coefficient (Wildman–Crippen LogP) is 4.31. The summed E-state index contributed by atoms with van der Waals surface area (Å²) >= 11 is 0. The summed E-state index contributed by atoms with van der Waals surface area (Å²) in [5.41, 5.74) is 3.47. The van der Waals surface area contributed by atoms with E-state index < -0.39 is 0 Å². The molecular formula is C23H29N3O2. The minimum absolute atomic E-state index is 0.572. The van der Waals surface area contributed by atoms with Crippen molar-refractivity contribution < 1.29 is 9.53 Å². The highest BCUT2D eigenvalue weighted by molar-refractivity contribution is 5.75. The van der Waals surface area contributed by atoms with Gasteiger partial charge in [-0.3, -0.25) is 4.79 Å². The van der Waals surface area contributed by atoms with Gasteiger partial charge in [0.05, 0.1) is 17.6 Å². The molecule has 0 aliphatic carbocycles. The molecule has 0 spiro atoms. The summed E-state index contributed by atoms with van der Waals surface area (Å²) < 4.78 is 8.21. The molecule has 0 saturated heterocycles. The lowest BCUT2D eigenvalue weighted by Gasteiger charge is -2.12. The number of benzene rings is 2. The predicted molar refractivity (Wildman–Crippen MR) is 113 cm³/mol. The number of imidazole rings is 1. The summed E-state index contributed by atoms with van der Waals surface area (Å²) in [6.07, 6.45) is 3.56. The van der Waals surface area contributed by atoms with Crippen molar-refractivity contribution in [2.45, 2.75) is 45.6 Å². The Labute approximate surface area is 166 Å². The van der Waals surface area contributed by atoms with Gasteiger partial charge in [-0.25, -0.2) is 4.98 Å². The standard InChI is InChI=1S/C23H29N3O2/c1-3-18(2)19-10-12-20(13-11-19)28-16-15-26-22-8-5-4-7-21(22)25-23(26)9-6-14-24-17-27/h4-5,7-8,10-13,17-18H,3,6,9,14-16H2,1-2H3,(H,24,27). The SMILES string of the molecule is CCC(C)c1ccc(OCCn2c(CCCNC=O)nc3ccccc32)cc1. The molecule has 5 heteroatoms. The Morgan fingerprint density at radius 3 is 2.71 bits per heavy atom. The highest BCUT2D eigenvalue weighted by Gasteiger charge is 2.10. The number of carbonyl (C=O) groups excluding carboxylic acids is 1. The number of amides is 1. The van der Waals surface area contributed by atoms with E-state index >= 15 is 0 Å². The van der Waals surface area contributed by atoms with Crippen LogP contribution in [0.1, 0.15) is 44.0 Å². The fourth-order valence-electron chi connectivity index (χ4n) is 3.36. The smallest absolute Gasteiger partial charge is 0.207 e. The Bertz CT molecular complexity index is 887. The molecule has 3 aromatic rings. The van der Waals surface area contributed by atoms with Gasteiger partial charge in [0.1, 0.15) is 18.2 Å². The van der Waals surface area contributed by atoms with E-state index in [0.717, 1.165) is 54.8 Å². The lowest BCUT2D eigenvalue weighted by molar-refractivity contribution is -0.109. The van der Waals surface area contributed by atoms with E-state index in [-0.39, 0.29) is 0 Å². The zero-order valence-corrected chi connectivity index (χ0v) is 16.7. The van der Waals surface area contributed by atoms with E-state index in [9.17, 15) is 4.79 Å². The molecule has 0 bridgehead atoms. The molecule has 1 aromatic heterocycles. The van der Waals surface area contributed by atoms with Crippen molar-refractivity contribution in [3.8, 4) is 5.75 Å². The van der Waals surface area contributed by atoms with Crippen LogP contribution >= 0.6 is 0 Å². The molecule has 148 valence electrons. The summed E-state index contributed by atoms with van der Waals surface area (Å²) in [6.45, 7) is 6.43. The molecule has 3 rings (SSSR count). The topological polar surface area (TPSA) is 56.1 Å². The molecule has 2 aromatic carbocycles. The molecule has 0 aliphatic rings. The number of nitrogens with one attached hydrogen (secondary N) is 1. The maximum Gasteiger partial charge on any atom is 0.207 e. The number of rotatable bonds is 11. The van der Waals surface area contributed by atoms with Crippen molar-refractivity contribution in [2.75, 3.05) is 13.2 Å². The second kappa shape index (κ2) is 9.93. The number of hydrogen-bond donors (Lipinski definition) is 1. The number of carbonyl (C=O) groups is 1. The average molecular weight is 380 g/mol. The summed E-state index contributed by atoms with van der Waals surface area (Å²) in [6, 6.07) is 16.6. The van der Waals surface area contributed by atoms with Crippen LogP contribution < -0.4 is 10.1 Å².